The van der Waals surface area contributed by atoms with E-state index >= 15 is 0 Å². The van der Waals surface area contributed by atoms with Gasteiger partial charge >= 0.3 is 6.18 Å². The number of likely N-dealkylation sites (N-methyl/N-ethyl adjacent to an activating group) is 1. The molecule has 0 bridgehead atoms. The van der Waals surface area contributed by atoms with Gasteiger partial charge in [-0.15, -0.1) is 0 Å². The third-order valence-corrected chi connectivity index (χ3v) is 4.84. The molecule has 0 amide bonds. The zero-order valence-corrected chi connectivity index (χ0v) is 14.1. The molecule has 138 valence electrons. The van der Waals surface area contributed by atoms with Gasteiger partial charge in [-0.05, 0) is 19.2 Å². The third kappa shape index (κ3) is 3.24. The van der Waals surface area contributed by atoms with E-state index in [1.165, 1.54) is 12.4 Å². The Balaban J connectivity index is 1.72. The Hall–Kier alpha value is -2.26. The van der Waals surface area contributed by atoms with Crippen molar-refractivity contribution in [2.45, 2.75) is 18.3 Å². The van der Waals surface area contributed by atoms with Gasteiger partial charge in [-0.25, -0.2) is 9.97 Å². The highest BCUT2D eigenvalue weighted by atomic mass is 19.4. The minimum Gasteiger partial charge on any atom is -0.373 e. The molecule has 6 nitrogen and oxygen atoms in total. The fraction of sp³-hybridized carbons (Fsp3) is 0.471. The first-order chi connectivity index (χ1) is 12.4. The van der Waals surface area contributed by atoms with Gasteiger partial charge in [-0.2, -0.15) is 13.2 Å². The number of fused-ring (bicyclic) bond motifs is 1. The van der Waals surface area contributed by atoms with E-state index in [4.69, 9.17) is 4.74 Å². The van der Waals surface area contributed by atoms with Crippen molar-refractivity contribution in [3.05, 3.63) is 36.3 Å². The Morgan fingerprint density at radius 3 is 2.62 bits per heavy atom. The lowest BCUT2D eigenvalue weighted by Gasteiger charge is -2.33. The lowest BCUT2D eigenvalue weighted by molar-refractivity contribution is -0.141. The second-order valence-electron chi connectivity index (χ2n) is 6.53. The van der Waals surface area contributed by atoms with Crippen LogP contribution in [0.4, 0.5) is 19.0 Å². The molecule has 26 heavy (non-hydrogen) atoms. The number of hydrogen-bond acceptors (Lipinski definition) is 6. The van der Waals surface area contributed by atoms with Gasteiger partial charge in [0.1, 0.15) is 5.82 Å². The molecule has 0 aliphatic carbocycles. The molecule has 2 aliphatic heterocycles. The van der Waals surface area contributed by atoms with Gasteiger partial charge in [-0.3, -0.25) is 9.88 Å². The predicted molar refractivity (Wildman–Crippen MR) is 88.6 cm³/mol. The molecule has 0 aromatic carbocycles. The van der Waals surface area contributed by atoms with E-state index in [0.29, 0.717) is 25.3 Å². The van der Waals surface area contributed by atoms with Crippen LogP contribution in [-0.4, -0.2) is 65.3 Å². The summed E-state index contributed by atoms with van der Waals surface area (Å²) in [7, 11) is 2.01. The van der Waals surface area contributed by atoms with Crippen LogP contribution in [0.25, 0.3) is 11.4 Å². The van der Waals surface area contributed by atoms with Crippen LogP contribution in [0.3, 0.4) is 0 Å². The zero-order valence-electron chi connectivity index (χ0n) is 14.1. The van der Waals surface area contributed by atoms with Crippen molar-refractivity contribution in [1.29, 1.82) is 0 Å². The Bertz CT molecular complexity index is 786. The number of pyridine rings is 1. The van der Waals surface area contributed by atoms with E-state index in [-0.39, 0.29) is 23.8 Å². The fourth-order valence-electron chi connectivity index (χ4n) is 3.42. The van der Waals surface area contributed by atoms with Gasteiger partial charge in [-0.1, -0.05) is 0 Å². The van der Waals surface area contributed by atoms with E-state index in [9.17, 15) is 13.2 Å². The second kappa shape index (κ2) is 6.48. The quantitative estimate of drug-likeness (QED) is 0.812. The summed E-state index contributed by atoms with van der Waals surface area (Å²) in [4.78, 5) is 16.0. The van der Waals surface area contributed by atoms with Gasteiger partial charge in [0, 0.05) is 43.7 Å². The average Bonchev–Trinajstić information content (AvgIpc) is 3.07. The summed E-state index contributed by atoms with van der Waals surface area (Å²) in [6.07, 6.45) is -1.56. The van der Waals surface area contributed by atoms with Crippen LogP contribution < -0.4 is 4.90 Å². The van der Waals surface area contributed by atoms with Gasteiger partial charge in [0.25, 0.3) is 0 Å². The number of aromatic nitrogens is 3. The van der Waals surface area contributed by atoms with Crippen LogP contribution in [0.1, 0.15) is 5.69 Å². The number of alkyl halides is 3. The second-order valence-corrected chi connectivity index (χ2v) is 6.53. The smallest absolute Gasteiger partial charge is 0.373 e. The Morgan fingerprint density at radius 2 is 1.92 bits per heavy atom. The van der Waals surface area contributed by atoms with Crippen molar-refractivity contribution < 1.29 is 17.9 Å². The maximum atomic E-state index is 13.4. The number of halogens is 3. The zero-order chi connectivity index (χ0) is 18.3. The lowest BCUT2D eigenvalue weighted by atomic mass is 10.1. The molecule has 0 saturated carbocycles. The number of ether oxygens (including phenoxy) is 1. The SMILES string of the molecule is CN1CCOC2CN(c3cc(C(F)(F)F)nc(-c4ccncc4)n3)CC21. The number of morpholine rings is 1. The van der Waals surface area contributed by atoms with Gasteiger partial charge in [0.15, 0.2) is 11.5 Å². The highest BCUT2D eigenvalue weighted by molar-refractivity contribution is 5.58. The van der Waals surface area contributed by atoms with Crippen LogP contribution >= 0.6 is 0 Å². The van der Waals surface area contributed by atoms with Crippen molar-refractivity contribution in [2.24, 2.45) is 0 Å². The van der Waals surface area contributed by atoms with Crippen LogP contribution in [0.5, 0.6) is 0 Å². The van der Waals surface area contributed by atoms with Crippen LogP contribution in [-0.2, 0) is 10.9 Å². The molecule has 2 aromatic heterocycles. The molecular weight excluding hydrogens is 347 g/mol. The molecule has 2 aromatic rings. The molecule has 0 spiro atoms. The third-order valence-electron chi connectivity index (χ3n) is 4.84. The number of anilines is 1. The van der Waals surface area contributed by atoms with E-state index in [1.54, 1.807) is 12.1 Å². The fourth-order valence-corrected chi connectivity index (χ4v) is 3.42. The van der Waals surface area contributed by atoms with E-state index < -0.39 is 11.9 Å². The summed E-state index contributed by atoms with van der Waals surface area (Å²) in [5.74, 6) is 0.312. The number of rotatable bonds is 2. The molecule has 2 unspecified atom stereocenters. The van der Waals surface area contributed by atoms with E-state index in [1.807, 2.05) is 11.9 Å². The normalized spacial score (nSPS) is 23.9. The van der Waals surface area contributed by atoms with E-state index in [0.717, 1.165) is 12.6 Å². The minimum absolute atomic E-state index is 0.0255. The van der Waals surface area contributed by atoms with Crippen LogP contribution in [0.15, 0.2) is 30.6 Å². The molecule has 4 heterocycles. The first-order valence-corrected chi connectivity index (χ1v) is 8.35. The highest BCUT2D eigenvalue weighted by Gasteiger charge is 2.40. The number of hydrogen-bond donors (Lipinski definition) is 0. The van der Waals surface area contributed by atoms with Gasteiger partial charge in [0.2, 0.25) is 0 Å². The Morgan fingerprint density at radius 1 is 1.15 bits per heavy atom. The van der Waals surface area contributed by atoms with Gasteiger partial charge < -0.3 is 9.64 Å². The maximum Gasteiger partial charge on any atom is 0.433 e. The predicted octanol–water partition coefficient (Wildman–Crippen LogP) is 2.08. The van der Waals surface area contributed by atoms with Crippen molar-refractivity contribution >= 4 is 5.82 Å². The Kier molecular flexibility index (Phi) is 4.28. The molecule has 0 N–H and O–H groups in total. The largest absolute Gasteiger partial charge is 0.433 e. The first kappa shape index (κ1) is 17.2. The number of nitrogens with zero attached hydrogens (tertiary/aromatic N) is 5. The van der Waals surface area contributed by atoms with Crippen LogP contribution in [0.2, 0.25) is 0 Å². The lowest BCUT2D eigenvalue weighted by Crippen LogP contribution is -2.48. The summed E-state index contributed by atoms with van der Waals surface area (Å²) in [6, 6.07) is 4.36. The summed E-state index contributed by atoms with van der Waals surface area (Å²) < 4.78 is 45.8. The summed E-state index contributed by atoms with van der Waals surface area (Å²) >= 11 is 0. The molecule has 2 atom stereocenters. The van der Waals surface area contributed by atoms with Crippen molar-refractivity contribution in [3.8, 4) is 11.4 Å². The molecule has 4 rings (SSSR count). The van der Waals surface area contributed by atoms with Crippen molar-refractivity contribution in [2.75, 3.05) is 38.2 Å². The minimum atomic E-state index is -4.54. The molecule has 2 saturated heterocycles. The monoisotopic (exact) mass is 365 g/mol. The van der Waals surface area contributed by atoms with Crippen molar-refractivity contribution in [3.63, 3.8) is 0 Å². The standard InChI is InChI=1S/C17H18F3N5O/c1-24-6-7-26-13-10-25(9-12(13)24)15-8-14(17(18,19)20)22-16(23-15)11-2-4-21-5-3-11/h2-5,8,12-13H,6-7,9-10H2,1H3. The van der Waals surface area contributed by atoms with Crippen molar-refractivity contribution in [1.82, 2.24) is 19.9 Å². The Labute approximate surface area is 148 Å². The van der Waals surface area contributed by atoms with E-state index in [2.05, 4.69) is 19.9 Å². The molecule has 2 aliphatic rings. The molecule has 0 radical (unpaired) electrons. The summed E-state index contributed by atoms with van der Waals surface area (Å²) in [5.41, 5.74) is -0.448. The molecule has 2 fully saturated rings. The summed E-state index contributed by atoms with van der Waals surface area (Å²) in [6.45, 7) is 2.53. The van der Waals surface area contributed by atoms with Crippen LogP contribution in [0, 0.1) is 0 Å². The van der Waals surface area contributed by atoms with Gasteiger partial charge in [0.05, 0.1) is 18.8 Å². The highest BCUT2D eigenvalue weighted by Crippen LogP contribution is 2.33. The molecular formula is C17H18F3N5O. The maximum absolute atomic E-state index is 13.4. The first-order valence-electron chi connectivity index (χ1n) is 8.35. The summed E-state index contributed by atoms with van der Waals surface area (Å²) in [5, 5.41) is 0. The molecule has 9 heteroatoms. The topological polar surface area (TPSA) is 54.4 Å². The average molecular weight is 365 g/mol.